The van der Waals surface area contributed by atoms with Gasteiger partial charge in [0.1, 0.15) is 0 Å². The molecule has 1 saturated heterocycles. The van der Waals surface area contributed by atoms with Crippen LogP contribution >= 0.6 is 0 Å². The zero-order valence-electron chi connectivity index (χ0n) is 10.1. The zero-order valence-corrected chi connectivity index (χ0v) is 10.1. The second-order valence-electron chi connectivity index (χ2n) is 4.59. The van der Waals surface area contributed by atoms with Crippen LogP contribution in [-0.4, -0.2) is 32.8 Å². The number of hydrogen-bond acceptors (Lipinski definition) is 4. The van der Waals surface area contributed by atoms with E-state index in [4.69, 9.17) is 0 Å². The molecule has 1 atom stereocenters. The van der Waals surface area contributed by atoms with Crippen molar-refractivity contribution in [3.05, 3.63) is 36.2 Å². The molecule has 94 valence electrons. The fourth-order valence-electron chi connectivity index (χ4n) is 2.24. The minimum atomic E-state index is -0.405. The number of nitrogens with zero attached hydrogens (tertiary/aromatic N) is 5. The van der Waals surface area contributed by atoms with Crippen LogP contribution in [0.25, 0.3) is 0 Å². The smallest absolute Gasteiger partial charge is 0.225 e. The van der Waals surface area contributed by atoms with Crippen molar-refractivity contribution in [3.8, 4) is 0 Å². The molecule has 0 N–H and O–H groups in total. The lowest BCUT2D eigenvalue weighted by atomic mass is 10.3. The summed E-state index contributed by atoms with van der Waals surface area (Å²) in [6, 6.07) is 0.340. The van der Waals surface area contributed by atoms with E-state index in [1.165, 1.54) is 12.4 Å². The Hall–Kier alpha value is -1.98. The first-order valence-corrected chi connectivity index (χ1v) is 5.95. The summed E-state index contributed by atoms with van der Waals surface area (Å²) in [4.78, 5) is 10.1. The Morgan fingerprint density at radius 2 is 2.06 bits per heavy atom. The highest BCUT2D eigenvalue weighted by Gasteiger charge is 2.25. The van der Waals surface area contributed by atoms with Crippen LogP contribution in [0.1, 0.15) is 18.0 Å². The highest BCUT2D eigenvalue weighted by Crippen LogP contribution is 2.24. The highest BCUT2D eigenvalue weighted by atomic mass is 19.1. The molecule has 0 spiro atoms. The van der Waals surface area contributed by atoms with Crippen LogP contribution in [0.4, 0.5) is 10.3 Å². The second kappa shape index (κ2) is 4.36. The van der Waals surface area contributed by atoms with E-state index < -0.39 is 5.82 Å². The second-order valence-corrected chi connectivity index (χ2v) is 4.59. The van der Waals surface area contributed by atoms with Gasteiger partial charge in [-0.2, -0.15) is 5.10 Å². The fraction of sp³-hybridized carbons (Fsp3) is 0.417. The van der Waals surface area contributed by atoms with E-state index in [9.17, 15) is 4.39 Å². The minimum Gasteiger partial charge on any atom is -0.339 e. The Morgan fingerprint density at radius 1 is 1.28 bits per heavy atom. The first-order chi connectivity index (χ1) is 8.72. The Balaban J connectivity index is 1.73. The summed E-state index contributed by atoms with van der Waals surface area (Å²) in [5.74, 6) is 0.181. The normalized spacial score (nSPS) is 19.4. The third kappa shape index (κ3) is 2.05. The lowest BCUT2D eigenvalue weighted by molar-refractivity contribution is 0.494. The van der Waals surface area contributed by atoms with E-state index in [1.807, 2.05) is 24.0 Å². The molecule has 6 heteroatoms. The Morgan fingerprint density at radius 3 is 2.72 bits per heavy atom. The van der Waals surface area contributed by atoms with Crippen molar-refractivity contribution in [3.63, 3.8) is 0 Å². The third-order valence-corrected chi connectivity index (χ3v) is 3.16. The average Bonchev–Trinajstić information content (AvgIpc) is 2.98. The van der Waals surface area contributed by atoms with Crippen LogP contribution in [-0.2, 0) is 0 Å². The Labute approximate surface area is 104 Å². The monoisotopic (exact) mass is 247 g/mol. The van der Waals surface area contributed by atoms with E-state index in [0.717, 1.165) is 25.1 Å². The van der Waals surface area contributed by atoms with Crippen LogP contribution in [0.15, 0.2) is 24.8 Å². The molecule has 0 bridgehead atoms. The Kier molecular flexibility index (Phi) is 2.70. The molecule has 0 aromatic carbocycles. The van der Waals surface area contributed by atoms with Gasteiger partial charge in [-0.3, -0.25) is 4.68 Å². The van der Waals surface area contributed by atoms with E-state index >= 15 is 0 Å². The van der Waals surface area contributed by atoms with Gasteiger partial charge in [-0.1, -0.05) is 0 Å². The van der Waals surface area contributed by atoms with Crippen molar-refractivity contribution < 1.29 is 4.39 Å². The van der Waals surface area contributed by atoms with E-state index in [1.54, 1.807) is 0 Å². The summed E-state index contributed by atoms with van der Waals surface area (Å²) in [7, 11) is 0. The SMILES string of the molecule is Cc1cnn(C2CCN(c3ncc(F)cn3)C2)c1. The van der Waals surface area contributed by atoms with Crippen LogP contribution in [0, 0.1) is 12.7 Å². The number of halogens is 1. The van der Waals surface area contributed by atoms with Gasteiger partial charge in [0.25, 0.3) is 0 Å². The van der Waals surface area contributed by atoms with Gasteiger partial charge in [0.2, 0.25) is 5.95 Å². The van der Waals surface area contributed by atoms with E-state index in [-0.39, 0.29) is 0 Å². The Bertz CT molecular complexity index is 536. The molecular formula is C12H14FN5. The number of hydrogen-bond donors (Lipinski definition) is 0. The molecule has 1 aliphatic heterocycles. The predicted octanol–water partition coefficient (Wildman–Crippen LogP) is 1.57. The van der Waals surface area contributed by atoms with Crippen molar-refractivity contribution in [1.29, 1.82) is 0 Å². The molecule has 5 nitrogen and oxygen atoms in total. The summed E-state index contributed by atoms with van der Waals surface area (Å²) in [5.41, 5.74) is 1.16. The summed E-state index contributed by atoms with van der Waals surface area (Å²) in [6.07, 6.45) is 7.31. The molecule has 3 heterocycles. The van der Waals surface area contributed by atoms with Crippen molar-refractivity contribution in [2.75, 3.05) is 18.0 Å². The molecule has 0 amide bonds. The molecule has 3 rings (SSSR count). The van der Waals surface area contributed by atoms with Gasteiger partial charge in [-0.15, -0.1) is 0 Å². The van der Waals surface area contributed by atoms with Gasteiger partial charge in [0.15, 0.2) is 5.82 Å². The summed E-state index contributed by atoms with van der Waals surface area (Å²) >= 11 is 0. The standard InChI is InChI=1S/C12H14FN5/c1-9-4-16-18(7-9)11-2-3-17(8-11)12-14-5-10(13)6-15-12/h4-7,11H,2-3,8H2,1H3. The van der Waals surface area contributed by atoms with Crippen molar-refractivity contribution in [2.24, 2.45) is 0 Å². The molecule has 1 unspecified atom stereocenters. The lowest BCUT2D eigenvalue weighted by Crippen LogP contribution is -2.23. The highest BCUT2D eigenvalue weighted by molar-refractivity contribution is 5.30. The predicted molar refractivity (Wildman–Crippen MR) is 64.8 cm³/mol. The van der Waals surface area contributed by atoms with Crippen molar-refractivity contribution in [2.45, 2.75) is 19.4 Å². The van der Waals surface area contributed by atoms with Gasteiger partial charge in [-0.25, -0.2) is 14.4 Å². The minimum absolute atomic E-state index is 0.340. The molecule has 1 aliphatic rings. The molecule has 2 aromatic rings. The number of anilines is 1. The van der Waals surface area contributed by atoms with Crippen molar-refractivity contribution >= 4 is 5.95 Å². The average molecular weight is 247 g/mol. The molecule has 1 fully saturated rings. The molecule has 0 aliphatic carbocycles. The summed E-state index contributed by atoms with van der Waals surface area (Å²) < 4.78 is 14.7. The van der Waals surface area contributed by atoms with Crippen molar-refractivity contribution in [1.82, 2.24) is 19.7 Å². The first kappa shape index (κ1) is 11.1. The summed E-state index contributed by atoms with van der Waals surface area (Å²) in [5, 5.41) is 4.33. The molecule has 18 heavy (non-hydrogen) atoms. The fourth-order valence-corrected chi connectivity index (χ4v) is 2.24. The number of aromatic nitrogens is 4. The van der Waals surface area contributed by atoms with Crippen LogP contribution in [0.2, 0.25) is 0 Å². The van der Waals surface area contributed by atoms with Crippen LogP contribution in [0.3, 0.4) is 0 Å². The molecular weight excluding hydrogens is 233 g/mol. The molecule has 2 aromatic heterocycles. The van der Waals surface area contributed by atoms with Gasteiger partial charge < -0.3 is 4.90 Å². The number of aryl methyl sites for hydroxylation is 1. The largest absolute Gasteiger partial charge is 0.339 e. The van der Waals surface area contributed by atoms with Gasteiger partial charge in [0, 0.05) is 19.3 Å². The lowest BCUT2D eigenvalue weighted by Gasteiger charge is -2.15. The third-order valence-electron chi connectivity index (χ3n) is 3.16. The maximum Gasteiger partial charge on any atom is 0.225 e. The zero-order chi connectivity index (χ0) is 12.5. The van der Waals surface area contributed by atoms with E-state index in [0.29, 0.717) is 12.0 Å². The maximum absolute atomic E-state index is 12.8. The quantitative estimate of drug-likeness (QED) is 0.808. The van der Waals surface area contributed by atoms with E-state index in [2.05, 4.69) is 20.0 Å². The number of rotatable bonds is 2. The maximum atomic E-state index is 12.8. The first-order valence-electron chi connectivity index (χ1n) is 5.95. The van der Waals surface area contributed by atoms with Crippen LogP contribution < -0.4 is 4.90 Å². The van der Waals surface area contributed by atoms with Gasteiger partial charge in [0.05, 0.1) is 24.6 Å². The van der Waals surface area contributed by atoms with Gasteiger partial charge >= 0.3 is 0 Å². The van der Waals surface area contributed by atoms with Crippen LogP contribution in [0.5, 0.6) is 0 Å². The molecule has 0 radical (unpaired) electrons. The van der Waals surface area contributed by atoms with Gasteiger partial charge in [-0.05, 0) is 18.9 Å². The molecule has 0 saturated carbocycles. The topological polar surface area (TPSA) is 46.8 Å². The summed E-state index contributed by atoms with van der Waals surface area (Å²) in [6.45, 7) is 3.71.